The van der Waals surface area contributed by atoms with E-state index in [1.165, 1.54) is 6.92 Å². The monoisotopic (exact) mass is 278 g/mol. The molecule has 0 fully saturated rings. The number of nitrogen functional groups attached to an aromatic ring is 1. The first-order chi connectivity index (χ1) is 9.43. The van der Waals surface area contributed by atoms with Gasteiger partial charge in [0.25, 0.3) is 5.91 Å². The smallest absolute Gasteiger partial charge is 0.258 e. The Kier molecular flexibility index (Phi) is 6.03. The highest BCUT2D eigenvalue weighted by molar-refractivity contribution is 5.97. The summed E-state index contributed by atoms with van der Waals surface area (Å²) >= 11 is 0. The Balaban J connectivity index is 2.61. The number of hydrogen-bond donors (Lipinski definition) is 2. The molecule has 0 radical (unpaired) electrons. The molecule has 1 atom stereocenters. The van der Waals surface area contributed by atoms with Crippen LogP contribution in [0.25, 0.3) is 0 Å². The molecule has 0 aliphatic rings. The molecule has 0 bridgehead atoms. The Labute approximate surface area is 119 Å². The minimum Gasteiger partial charge on any atom is -0.483 e. The number of ether oxygens (including phenoxy) is 1. The minimum atomic E-state index is -0.197. The van der Waals surface area contributed by atoms with Crippen LogP contribution in [0.5, 0.6) is 5.75 Å². The maximum absolute atomic E-state index is 11.7. The molecule has 0 saturated carbocycles. The van der Waals surface area contributed by atoms with Gasteiger partial charge in [0, 0.05) is 11.7 Å². The molecule has 1 rings (SSSR count). The third-order valence-electron chi connectivity index (χ3n) is 2.87. The van der Waals surface area contributed by atoms with Crippen molar-refractivity contribution in [2.75, 3.05) is 12.3 Å². The SMILES string of the molecule is CCCC(C)NC(=O)COc1ccc(N)cc1C(C)=O. The maximum atomic E-state index is 11.7. The number of carbonyl (C=O) groups excluding carboxylic acids is 2. The van der Waals surface area contributed by atoms with E-state index in [1.807, 2.05) is 6.92 Å². The molecule has 110 valence electrons. The third-order valence-corrected chi connectivity index (χ3v) is 2.87. The number of hydrogen-bond acceptors (Lipinski definition) is 4. The van der Waals surface area contributed by atoms with Crippen molar-refractivity contribution in [3.63, 3.8) is 0 Å². The van der Waals surface area contributed by atoms with Crippen LogP contribution in [-0.4, -0.2) is 24.3 Å². The summed E-state index contributed by atoms with van der Waals surface area (Å²) in [7, 11) is 0. The van der Waals surface area contributed by atoms with Gasteiger partial charge in [-0.2, -0.15) is 0 Å². The fourth-order valence-electron chi connectivity index (χ4n) is 1.91. The van der Waals surface area contributed by atoms with Crippen LogP contribution in [0.15, 0.2) is 18.2 Å². The van der Waals surface area contributed by atoms with Gasteiger partial charge in [-0.25, -0.2) is 0 Å². The van der Waals surface area contributed by atoms with E-state index in [4.69, 9.17) is 10.5 Å². The fraction of sp³-hybridized carbons (Fsp3) is 0.467. The number of Topliss-reactive ketones (excluding diaryl/α,β-unsaturated/α-hetero) is 1. The van der Waals surface area contributed by atoms with Crippen molar-refractivity contribution in [2.24, 2.45) is 0 Å². The molecule has 0 spiro atoms. The quantitative estimate of drug-likeness (QED) is 0.591. The molecule has 0 aliphatic carbocycles. The largest absolute Gasteiger partial charge is 0.483 e. The highest BCUT2D eigenvalue weighted by Gasteiger charge is 2.12. The summed E-state index contributed by atoms with van der Waals surface area (Å²) in [6.07, 6.45) is 1.93. The zero-order valence-corrected chi connectivity index (χ0v) is 12.2. The number of nitrogens with one attached hydrogen (secondary N) is 1. The third kappa shape index (κ3) is 4.91. The first-order valence-corrected chi connectivity index (χ1v) is 6.76. The second kappa shape index (κ2) is 7.53. The summed E-state index contributed by atoms with van der Waals surface area (Å²) < 4.78 is 5.41. The van der Waals surface area contributed by atoms with Crippen molar-refractivity contribution < 1.29 is 14.3 Å². The Morgan fingerprint density at radius 2 is 2.10 bits per heavy atom. The van der Waals surface area contributed by atoms with E-state index in [0.29, 0.717) is 17.0 Å². The second-order valence-electron chi connectivity index (χ2n) is 4.86. The van der Waals surface area contributed by atoms with Crippen molar-refractivity contribution in [3.8, 4) is 5.75 Å². The molecule has 0 aliphatic heterocycles. The molecule has 0 heterocycles. The molecular weight excluding hydrogens is 256 g/mol. The van der Waals surface area contributed by atoms with E-state index in [-0.39, 0.29) is 24.3 Å². The van der Waals surface area contributed by atoms with Crippen LogP contribution >= 0.6 is 0 Å². The summed E-state index contributed by atoms with van der Waals surface area (Å²) in [5.41, 5.74) is 6.51. The van der Waals surface area contributed by atoms with E-state index in [9.17, 15) is 9.59 Å². The lowest BCUT2D eigenvalue weighted by molar-refractivity contribution is -0.123. The van der Waals surface area contributed by atoms with Crippen LogP contribution in [0.1, 0.15) is 44.0 Å². The topological polar surface area (TPSA) is 81.4 Å². The first-order valence-electron chi connectivity index (χ1n) is 6.76. The average Bonchev–Trinajstić information content (AvgIpc) is 2.37. The van der Waals surface area contributed by atoms with Crippen LogP contribution in [0.2, 0.25) is 0 Å². The van der Waals surface area contributed by atoms with E-state index >= 15 is 0 Å². The summed E-state index contributed by atoms with van der Waals surface area (Å²) in [4.78, 5) is 23.2. The number of ketones is 1. The summed E-state index contributed by atoms with van der Waals surface area (Å²) in [5, 5.41) is 2.84. The lowest BCUT2D eigenvalue weighted by atomic mass is 10.1. The summed E-state index contributed by atoms with van der Waals surface area (Å²) in [5.74, 6) is 0.0364. The molecule has 3 N–H and O–H groups in total. The molecule has 0 aromatic heterocycles. The zero-order valence-electron chi connectivity index (χ0n) is 12.2. The van der Waals surface area contributed by atoms with Crippen LogP contribution in [-0.2, 0) is 4.79 Å². The van der Waals surface area contributed by atoms with Gasteiger partial charge in [0.1, 0.15) is 5.75 Å². The van der Waals surface area contributed by atoms with Crippen LogP contribution in [0, 0.1) is 0 Å². The first kappa shape index (κ1) is 16.0. The van der Waals surface area contributed by atoms with Crippen LogP contribution < -0.4 is 15.8 Å². The number of amides is 1. The summed E-state index contributed by atoms with van der Waals surface area (Å²) in [6, 6.07) is 4.92. The highest BCUT2D eigenvalue weighted by atomic mass is 16.5. The minimum absolute atomic E-state index is 0.113. The lowest BCUT2D eigenvalue weighted by Crippen LogP contribution is -2.36. The predicted octanol–water partition coefficient (Wildman–Crippen LogP) is 2.16. The number of nitrogens with two attached hydrogens (primary N) is 1. The van der Waals surface area contributed by atoms with Crippen LogP contribution in [0.3, 0.4) is 0 Å². The number of anilines is 1. The molecular formula is C15H22N2O3. The number of rotatable bonds is 7. The van der Waals surface area contributed by atoms with Gasteiger partial charge >= 0.3 is 0 Å². The van der Waals surface area contributed by atoms with E-state index < -0.39 is 0 Å². The Morgan fingerprint density at radius 3 is 2.70 bits per heavy atom. The molecule has 20 heavy (non-hydrogen) atoms. The maximum Gasteiger partial charge on any atom is 0.258 e. The standard InChI is InChI=1S/C15H22N2O3/c1-4-5-10(2)17-15(19)9-20-14-7-6-12(16)8-13(14)11(3)18/h6-8,10H,4-5,9,16H2,1-3H3,(H,17,19). The highest BCUT2D eigenvalue weighted by Crippen LogP contribution is 2.21. The van der Waals surface area contributed by atoms with Gasteiger partial charge < -0.3 is 15.8 Å². The predicted molar refractivity (Wildman–Crippen MR) is 78.9 cm³/mol. The van der Waals surface area contributed by atoms with E-state index in [1.54, 1.807) is 18.2 Å². The van der Waals surface area contributed by atoms with Gasteiger partial charge in [-0.3, -0.25) is 9.59 Å². The fourth-order valence-corrected chi connectivity index (χ4v) is 1.91. The van der Waals surface area contributed by atoms with E-state index in [2.05, 4.69) is 12.2 Å². The Morgan fingerprint density at radius 1 is 1.40 bits per heavy atom. The number of carbonyl (C=O) groups is 2. The van der Waals surface area contributed by atoms with Crippen molar-refractivity contribution in [1.82, 2.24) is 5.32 Å². The molecule has 1 aromatic rings. The van der Waals surface area contributed by atoms with Gasteiger partial charge in [-0.1, -0.05) is 13.3 Å². The Bertz CT molecular complexity index is 486. The van der Waals surface area contributed by atoms with Gasteiger partial charge in [0.2, 0.25) is 0 Å². The van der Waals surface area contributed by atoms with Gasteiger partial charge in [-0.15, -0.1) is 0 Å². The molecule has 5 heteroatoms. The Hall–Kier alpha value is -2.04. The van der Waals surface area contributed by atoms with Crippen molar-refractivity contribution in [3.05, 3.63) is 23.8 Å². The molecule has 1 unspecified atom stereocenters. The lowest BCUT2D eigenvalue weighted by Gasteiger charge is -2.14. The van der Waals surface area contributed by atoms with Gasteiger partial charge in [0.15, 0.2) is 12.4 Å². The van der Waals surface area contributed by atoms with Crippen molar-refractivity contribution in [2.45, 2.75) is 39.7 Å². The van der Waals surface area contributed by atoms with Crippen molar-refractivity contribution >= 4 is 17.4 Å². The molecule has 1 amide bonds. The number of benzene rings is 1. The normalized spacial score (nSPS) is 11.8. The van der Waals surface area contributed by atoms with E-state index in [0.717, 1.165) is 12.8 Å². The average molecular weight is 278 g/mol. The van der Waals surface area contributed by atoms with Gasteiger partial charge in [-0.05, 0) is 38.5 Å². The molecule has 0 saturated heterocycles. The second-order valence-corrected chi connectivity index (χ2v) is 4.86. The van der Waals surface area contributed by atoms with Crippen molar-refractivity contribution in [1.29, 1.82) is 0 Å². The van der Waals surface area contributed by atoms with Crippen LogP contribution in [0.4, 0.5) is 5.69 Å². The summed E-state index contributed by atoms with van der Waals surface area (Å²) in [6.45, 7) is 5.33. The molecule has 5 nitrogen and oxygen atoms in total. The zero-order chi connectivity index (χ0) is 15.1. The van der Waals surface area contributed by atoms with Gasteiger partial charge in [0.05, 0.1) is 5.56 Å². The molecule has 1 aromatic carbocycles.